The van der Waals surface area contributed by atoms with Crippen molar-refractivity contribution in [3.63, 3.8) is 0 Å². The minimum Gasteiger partial charge on any atom is -0.490 e. The molecule has 1 saturated carbocycles. The van der Waals surface area contributed by atoms with Crippen LogP contribution in [0.15, 0.2) is 72.8 Å². The monoisotopic (exact) mass is 458 g/mol. The Morgan fingerprint density at radius 1 is 0.853 bits per heavy atom. The van der Waals surface area contributed by atoms with Crippen LogP contribution in [0.3, 0.4) is 0 Å². The van der Waals surface area contributed by atoms with Crippen LogP contribution in [-0.4, -0.2) is 19.3 Å². The molecule has 178 valence electrons. The summed E-state index contributed by atoms with van der Waals surface area (Å²) in [5, 5.41) is 0. The van der Waals surface area contributed by atoms with Gasteiger partial charge < -0.3 is 25.7 Å². The van der Waals surface area contributed by atoms with E-state index in [0.29, 0.717) is 35.8 Å². The van der Waals surface area contributed by atoms with Gasteiger partial charge in [0.15, 0.2) is 0 Å². The summed E-state index contributed by atoms with van der Waals surface area (Å²) in [5.41, 5.74) is 15.3. The first-order valence-electron chi connectivity index (χ1n) is 12.0. The highest BCUT2D eigenvalue weighted by Crippen LogP contribution is 2.34. The molecule has 1 fully saturated rings. The van der Waals surface area contributed by atoms with Crippen LogP contribution in [0.1, 0.15) is 49.7 Å². The first-order valence-corrected chi connectivity index (χ1v) is 12.0. The van der Waals surface area contributed by atoms with Crippen molar-refractivity contribution in [2.75, 3.05) is 24.7 Å². The van der Waals surface area contributed by atoms with E-state index in [1.807, 2.05) is 36.4 Å². The van der Waals surface area contributed by atoms with E-state index in [0.717, 1.165) is 36.5 Å². The van der Waals surface area contributed by atoms with Crippen LogP contribution in [0.2, 0.25) is 0 Å². The normalized spacial score (nSPS) is 18.1. The highest BCUT2D eigenvalue weighted by atomic mass is 16.5. The third-order valence-electron chi connectivity index (χ3n) is 6.23. The van der Waals surface area contributed by atoms with E-state index in [9.17, 15) is 0 Å². The molecule has 0 bridgehead atoms. The fourth-order valence-corrected chi connectivity index (χ4v) is 4.40. The van der Waals surface area contributed by atoms with E-state index in [1.165, 1.54) is 18.4 Å². The summed E-state index contributed by atoms with van der Waals surface area (Å²) < 4.78 is 17.5. The van der Waals surface area contributed by atoms with E-state index in [-0.39, 0.29) is 0 Å². The first kappa shape index (κ1) is 23.7. The fraction of sp³-hybridized carbons (Fsp3) is 0.310. The van der Waals surface area contributed by atoms with Gasteiger partial charge in [0.2, 0.25) is 0 Å². The van der Waals surface area contributed by atoms with Crippen LogP contribution in [0.4, 0.5) is 11.4 Å². The van der Waals surface area contributed by atoms with Gasteiger partial charge >= 0.3 is 0 Å². The molecule has 5 nitrogen and oxygen atoms in total. The lowest BCUT2D eigenvalue weighted by Crippen LogP contribution is -2.20. The molecule has 0 unspecified atom stereocenters. The molecule has 0 amide bonds. The molecular formula is C29H34N2O3. The lowest BCUT2D eigenvalue weighted by molar-refractivity contribution is 0.0328. The van der Waals surface area contributed by atoms with Gasteiger partial charge in [0, 0.05) is 12.3 Å². The van der Waals surface area contributed by atoms with Crippen molar-refractivity contribution >= 4 is 17.5 Å². The predicted molar refractivity (Wildman–Crippen MR) is 139 cm³/mol. The van der Waals surface area contributed by atoms with Crippen LogP contribution in [0.5, 0.6) is 17.2 Å². The van der Waals surface area contributed by atoms with Crippen LogP contribution >= 0.6 is 0 Å². The van der Waals surface area contributed by atoms with Crippen molar-refractivity contribution in [1.82, 2.24) is 0 Å². The van der Waals surface area contributed by atoms with Crippen molar-refractivity contribution in [2.45, 2.75) is 44.6 Å². The number of nitrogen functional groups attached to an aromatic ring is 2. The Labute approximate surface area is 202 Å². The third kappa shape index (κ3) is 6.55. The van der Waals surface area contributed by atoms with E-state index < -0.39 is 0 Å². The molecule has 4 N–H and O–H groups in total. The Hall–Kier alpha value is -3.44. The molecule has 3 aromatic carbocycles. The summed E-state index contributed by atoms with van der Waals surface area (Å²) in [5.74, 6) is 2.83. The number of rotatable bonds is 9. The molecule has 0 heterocycles. The molecule has 0 radical (unpaired) electrons. The van der Waals surface area contributed by atoms with Crippen molar-refractivity contribution in [3.05, 3.63) is 83.9 Å². The molecule has 0 atom stereocenters. The summed E-state index contributed by atoms with van der Waals surface area (Å²) in [6.07, 6.45) is 9.20. The average Bonchev–Trinajstić information content (AvgIpc) is 2.86. The molecule has 0 saturated heterocycles. The van der Waals surface area contributed by atoms with Crippen LogP contribution in [0, 0.1) is 0 Å². The zero-order chi connectivity index (χ0) is 23.8. The number of anilines is 2. The Morgan fingerprint density at radius 2 is 1.56 bits per heavy atom. The maximum Gasteiger partial charge on any atom is 0.150 e. The summed E-state index contributed by atoms with van der Waals surface area (Å²) in [4.78, 5) is 0. The van der Waals surface area contributed by atoms with Crippen LogP contribution < -0.4 is 20.9 Å². The fourth-order valence-electron chi connectivity index (χ4n) is 4.40. The number of benzene rings is 3. The number of hydrogen-bond donors (Lipinski definition) is 2. The lowest BCUT2D eigenvalue weighted by atomic mass is 9.83. The highest BCUT2D eigenvalue weighted by Gasteiger charge is 2.22. The van der Waals surface area contributed by atoms with E-state index >= 15 is 0 Å². The van der Waals surface area contributed by atoms with Crippen molar-refractivity contribution in [3.8, 4) is 17.2 Å². The second-order valence-corrected chi connectivity index (χ2v) is 8.68. The van der Waals surface area contributed by atoms with E-state index in [4.69, 9.17) is 25.7 Å². The summed E-state index contributed by atoms with van der Waals surface area (Å²) >= 11 is 0. The minimum absolute atomic E-state index is 0.446. The molecule has 3 aromatic rings. The minimum atomic E-state index is 0.446. The van der Waals surface area contributed by atoms with Crippen LogP contribution in [0.25, 0.3) is 6.08 Å². The molecular weight excluding hydrogens is 424 g/mol. The Morgan fingerprint density at radius 3 is 2.24 bits per heavy atom. The third-order valence-corrected chi connectivity index (χ3v) is 6.23. The lowest BCUT2D eigenvalue weighted by Gasteiger charge is -2.28. The van der Waals surface area contributed by atoms with Crippen molar-refractivity contribution < 1.29 is 14.2 Å². The van der Waals surface area contributed by atoms with Gasteiger partial charge in [-0.3, -0.25) is 0 Å². The average molecular weight is 459 g/mol. The van der Waals surface area contributed by atoms with Gasteiger partial charge in [-0.15, -0.1) is 0 Å². The van der Waals surface area contributed by atoms with Gasteiger partial charge in [-0.25, -0.2) is 0 Å². The zero-order valence-electron chi connectivity index (χ0n) is 19.8. The molecule has 34 heavy (non-hydrogen) atoms. The van der Waals surface area contributed by atoms with Gasteiger partial charge in [-0.2, -0.15) is 0 Å². The molecule has 1 aliphatic rings. The maximum absolute atomic E-state index is 5.95. The van der Waals surface area contributed by atoms with Gasteiger partial charge in [0.1, 0.15) is 23.9 Å². The Bertz CT molecular complexity index is 1070. The molecule has 0 aromatic heterocycles. The largest absolute Gasteiger partial charge is 0.490 e. The maximum atomic E-state index is 5.95. The topological polar surface area (TPSA) is 79.7 Å². The summed E-state index contributed by atoms with van der Waals surface area (Å²) in [6, 6.07) is 21.6. The van der Waals surface area contributed by atoms with E-state index in [2.05, 4.69) is 31.2 Å². The van der Waals surface area contributed by atoms with E-state index in [1.54, 1.807) is 18.2 Å². The second kappa shape index (κ2) is 11.6. The molecule has 4 rings (SSSR count). The van der Waals surface area contributed by atoms with Gasteiger partial charge in [0.05, 0.1) is 11.8 Å². The second-order valence-electron chi connectivity index (χ2n) is 8.68. The van der Waals surface area contributed by atoms with Crippen molar-refractivity contribution in [2.24, 2.45) is 0 Å². The van der Waals surface area contributed by atoms with Crippen LogP contribution in [-0.2, 0) is 4.74 Å². The first-order chi connectivity index (χ1) is 16.6. The molecule has 1 aliphatic carbocycles. The molecule has 5 heteroatoms. The molecule has 0 aliphatic heterocycles. The predicted octanol–water partition coefficient (Wildman–Crippen LogP) is 6.80. The van der Waals surface area contributed by atoms with Gasteiger partial charge in [-0.05, 0) is 98.2 Å². The zero-order valence-corrected chi connectivity index (χ0v) is 19.8. The van der Waals surface area contributed by atoms with Gasteiger partial charge in [0.25, 0.3) is 0 Å². The smallest absolute Gasteiger partial charge is 0.150 e. The Kier molecular flexibility index (Phi) is 8.10. The SMILES string of the molecule is CCOC1CCC(c2ccc(OC/C=C/c3ccc(Oc4ccc(N)cc4N)cc3)cc2)CC1. The highest BCUT2D eigenvalue weighted by molar-refractivity contribution is 5.61. The summed E-state index contributed by atoms with van der Waals surface area (Å²) in [7, 11) is 0. The number of ether oxygens (including phenoxy) is 3. The quantitative estimate of drug-likeness (QED) is 0.345. The number of nitrogens with two attached hydrogens (primary N) is 2. The van der Waals surface area contributed by atoms with Crippen molar-refractivity contribution in [1.29, 1.82) is 0 Å². The number of hydrogen-bond acceptors (Lipinski definition) is 5. The Balaban J connectivity index is 1.22. The summed E-state index contributed by atoms with van der Waals surface area (Å²) in [6.45, 7) is 3.40. The van der Waals surface area contributed by atoms with Gasteiger partial charge in [-0.1, -0.05) is 30.3 Å². The standard InChI is InChI=1S/C29H34N2O3/c1-2-32-25-14-7-22(8-15-25)23-9-16-26(17-10-23)33-19-3-4-21-5-12-27(13-6-21)34-29-18-11-24(30)20-28(29)31/h3-6,9-13,16-18,20,22,25H,2,7-8,14-15,19,30-31H2,1H3/b4-3+. The molecule has 0 spiro atoms.